The number of nitrogens with one attached hydrogen (secondary N) is 1. The van der Waals surface area contributed by atoms with Crippen LogP contribution in [0.1, 0.15) is 5.56 Å². The van der Waals surface area contributed by atoms with E-state index in [-0.39, 0.29) is 16.1 Å². The second-order valence-corrected chi connectivity index (χ2v) is 5.84. The lowest BCUT2D eigenvalue weighted by Gasteiger charge is -2.09. The minimum atomic E-state index is -3.72. The fourth-order valence-electron chi connectivity index (χ4n) is 1.50. The molecule has 19 heavy (non-hydrogen) atoms. The van der Waals surface area contributed by atoms with Gasteiger partial charge in [0, 0.05) is 5.02 Å². The fourth-order valence-corrected chi connectivity index (χ4v) is 2.77. The number of halogens is 1. The van der Waals surface area contributed by atoms with Crippen LogP contribution in [0.15, 0.2) is 53.4 Å². The summed E-state index contributed by atoms with van der Waals surface area (Å²) in [6.07, 6.45) is 0. The molecule has 0 saturated heterocycles. The zero-order valence-electron chi connectivity index (χ0n) is 9.67. The van der Waals surface area contributed by atoms with Crippen LogP contribution in [0.25, 0.3) is 0 Å². The molecule has 0 saturated carbocycles. The van der Waals surface area contributed by atoms with Gasteiger partial charge in [-0.15, -0.1) is 0 Å². The van der Waals surface area contributed by atoms with Gasteiger partial charge in [0.05, 0.1) is 16.1 Å². The van der Waals surface area contributed by atoms with Gasteiger partial charge < -0.3 is 0 Å². The smallest absolute Gasteiger partial charge is 0.261 e. The standard InChI is InChI=1S/C13H9ClN2O2S/c14-11-7-6-10(9-15)13(8-11)16-19(17,18)12-4-2-1-3-5-12/h1-8,16H. The number of hydrogen-bond acceptors (Lipinski definition) is 3. The van der Waals surface area contributed by atoms with Crippen molar-refractivity contribution >= 4 is 27.3 Å². The Morgan fingerprint density at radius 2 is 1.79 bits per heavy atom. The van der Waals surface area contributed by atoms with E-state index < -0.39 is 10.0 Å². The molecule has 0 unspecified atom stereocenters. The van der Waals surface area contributed by atoms with Crippen molar-refractivity contribution in [1.82, 2.24) is 0 Å². The first-order valence-corrected chi connectivity index (χ1v) is 7.16. The molecule has 0 atom stereocenters. The van der Waals surface area contributed by atoms with Crippen molar-refractivity contribution in [2.45, 2.75) is 4.90 Å². The van der Waals surface area contributed by atoms with Crippen molar-refractivity contribution in [3.8, 4) is 6.07 Å². The third-order valence-corrected chi connectivity index (χ3v) is 4.02. The number of nitrogens with zero attached hydrogens (tertiary/aromatic N) is 1. The molecule has 0 aromatic heterocycles. The molecule has 0 aliphatic rings. The van der Waals surface area contributed by atoms with Crippen LogP contribution in [0, 0.1) is 11.3 Å². The highest BCUT2D eigenvalue weighted by Crippen LogP contribution is 2.23. The van der Waals surface area contributed by atoms with Gasteiger partial charge in [0.25, 0.3) is 10.0 Å². The van der Waals surface area contributed by atoms with Gasteiger partial charge in [-0.25, -0.2) is 8.42 Å². The van der Waals surface area contributed by atoms with Crippen LogP contribution in [-0.4, -0.2) is 8.42 Å². The summed E-state index contributed by atoms with van der Waals surface area (Å²) in [6, 6.07) is 14.2. The van der Waals surface area contributed by atoms with Crippen LogP contribution in [0.4, 0.5) is 5.69 Å². The van der Waals surface area contributed by atoms with Crippen LogP contribution in [0.2, 0.25) is 5.02 Å². The molecule has 96 valence electrons. The van der Waals surface area contributed by atoms with Crippen molar-refractivity contribution in [2.24, 2.45) is 0 Å². The highest BCUT2D eigenvalue weighted by atomic mass is 35.5. The molecule has 0 aliphatic carbocycles. The second kappa shape index (κ2) is 5.31. The van der Waals surface area contributed by atoms with Gasteiger partial charge in [-0.2, -0.15) is 5.26 Å². The molecule has 0 aliphatic heterocycles. The Hall–Kier alpha value is -2.03. The van der Waals surface area contributed by atoms with E-state index in [0.29, 0.717) is 5.02 Å². The first-order valence-electron chi connectivity index (χ1n) is 5.30. The quantitative estimate of drug-likeness (QED) is 0.945. The summed E-state index contributed by atoms with van der Waals surface area (Å²) in [5, 5.41) is 9.30. The molecule has 4 nitrogen and oxygen atoms in total. The maximum absolute atomic E-state index is 12.1. The number of nitriles is 1. The molecule has 0 spiro atoms. The molecule has 0 amide bonds. The van der Waals surface area contributed by atoms with Crippen molar-refractivity contribution in [1.29, 1.82) is 5.26 Å². The van der Waals surface area contributed by atoms with E-state index in [1.165, 1.54) is 30.3 Å². The number of sulfonamides is 1. The number of benzene rings is 2. The van der Waals surface area contributed by atoms with Crippen LogP contribution < -0.4 is 4.72 Å². The maximum atomic E-state index is 12.1. The average Bonchev–Trinajstić information content (AvgIpc) is 2.39. The lowest BCUT2D eigenvalue weighted by molar-refractivity contribution is 0.601. The number of hydrogen-bond donors (Lipinski definition) is 1. The van der Waals surface area contributed by atoms with E-state index in [1.54, 1.807) is 18.2 Å². The third kappa shape index (κ3) is 3.05. The average molecular weight is 293 g/mol. The Kier molecular flexibility index (Phi) is 3.74. The van der Waals surface area contributed by atoms with Crippen molar-refractivity contribution in [2.75, 3.05) is 4.72 Å². The summed E-state index contributed by atoms with van der Waals surface area (Å²) < 4.78 is 26.6. The summed E-state index contributed by atoms with van der Waals surface area (Å²) in [4.78, 5) is 0.124. The first kappa shape index (κ1) is 13.4. The summed E-state index contributed by atoms with van der Waals surface area (Å²) in [7, 11) is -3.72. The molecular formula is C13H9ClN2O2S. The van der Waals surface area contributed by atoms with Crippen LogP contribution >= 0.6 is 11.6 Å². The second-order valence-electron chi connectivity index (χ2n) is 3.72. The normalized spacial score (nSPS) is 10.7. The molecule has 0 radical (unpaired) electrons. The van der Waals surface area contributed by atoms with Crippen LogP contribution in [0.3, 0.4) is 0 Å². The zero-order valence-corrected chi connectivity index (χ0v) is 11.2. The predicted octanol–water partition coefficient (Wildman–Crippen LogP) is 3.01. The Morgan fingerprint density at radius 3 is 2.42 bits per heavy atom. The molecule has 0 heterocycles. The third-order valence-electron chi connectivity index (χ3n) is 2.40. The Labute approximate surface area is 116 Å². The number of rotatable bonds is 3. The molecule has 1 N–H and O–H groups in total. The lowest BCUT2D eigenvalue weighted by Crippen LogP contribution is -2.13. The lowest BCUT2D eigenvalue weighted by atomic mass is 10.2. The molecule has 2 aromatic carbocycles. The Morgan fingerprint density at radius 1 is 1.11 bits per heavy atom. The Bertz CT molecular complexity index is 737. The Balaban J connectivity index is 2.42. The highest BCUT2D eigenvalue weighted by molar-refractivity contribution is 7.92. The van der Waals surface area contributed by atoms with Crippen LogP contribution in [-0.2, 0) is 10.0 Å². The molecular weight excluding hydrogens is 284 g/mol. The molecule has 0 bridgehead atoms. The minimum Gasteiger partial charge on any atom is -0.278 e. The zero-order chi connectivity index (χ0) is 13.9. The molecule has 6 heteroatoms. The summed E-state index contributed by atoms with van der Waals surface area (Å²) in [5.74, 6) is 0. The summed E-state index contributed by atoms with van der Waals surface area (Å²) in [6.45, 7) is 0. The van der Waals surface area contributed by atoms with E-state index in [2.05, 4.69) is 4.72 Å². The molecule has 2 rings (SSSR count). The van der Waals surface area contributed by atoms with Gasteiger partial charge in [0.2, 0.25) is 0 Å². The van der Waals surface area contributed by atoms with Gasteiger partial charge in [-0.3, -0.25) is 4.72 Å². The monoisotopic (exact) mass is 292 g/mol. The fraction of sp³-hybridized carbons (Fsp3) is 0. The van der Waals surface area contributed by atoms with Crippen molar-refractivity contribution < 1.29 is 8.42 Å². The largest absolute Gasteiger partial charge is 0.278 e. The molecule has 0 fully saturated rings. The van der Waals surface area contributed by atoms with Crippen molar-refractivity contribution in [3.05, 3.63) is 59.1 Å². The maximum Gasteiger partial charge on any atom is 0.261 e. The van der Waals surface area contributed by atoms with E-state index in [1.807, 2.05) is 6.07 Å². The topological polar surface area (TPSA) is 70.0 Å². The van der Waals surface area contributed by atoms with Gasteiger partial charge in [-0.1, -0.05) is 29.8 Å². The van der Waals surface area contributed by atoms with Gasteiger partial charge in [-0.05, 0) is 30.3 Å². The minimum absolute atomic E-state index is 0.124. The van der Waals surface area contributed by atoms with E-state index >= 15 is 0 Å². The summed E-state index contributed by atoms with van der Waals surface area (Å²) >= 11 is 5.80. The van der Waals surface area contributed by atoms with Gasteiger partial charge in [0.1, 0.15) is 6.07 Å². The SMILES string of the molecule is N#Cc1ccc(Cl)cc1NS(=O)(=O)c1ccccc1. The highest BCUT2D eigenvalue weighted by Gasteiger charge is 2.15. The van der Waals surface area contributed by atoms with E-state index in [4.69, 9.17) is 16.9 Å². The van der Waals surface area contributed by atoms with Crippen LogP contribution in [0.5, 0.6) is 0 Å². The van der Waals surface area contributed by atoms with Gasteiger partial charge in [0.15, 0.2) is 0 Å². The predicted molar refractivity (Wildman–Crippen MR) is 73.4 cm³/mol. The summed E-state index contributed by atoms with van der Waals surface area (Å²) in [5.41, 5.74) is 0.378. The number of anilines is 1. The van der Waals surface area contributed by atoms with Gasteiger partial charge >= 0.3 is 0 Å². The van der Waals surface area contributed by atoms with E-state index in [0.717, 1.165) is 0 Å². The molecule has 2 aromatic rings. The van der Waals surface area contributed by atoms with Crippen molar-refractivity contribution in [3.63, 3.8) is 0 Å². The first-order chi connectivity index (χ1) is 9.03. The van der Waals surface area contributed by atoms with E-state index in [9.17, 15) is 8.42 Å².